The van der Waals surface area contributed by atoms with Crippen molar-refractivity contribution in [2.45, 2.75) is 13.8 Å². The van der Waals surface area contributed by atoms with E-state index in [-0.39, 0.29) is 5.91 Å². The molecular weight excluding hydrogens is 366 g/mol. The molecule has 156 valence electrons. The fourth-order valence-electron chi connectivity index (χ4n) is 3.68. The van der Waals surface area contributed by atoms with Crippen LogP contribution in [-0.2, 0) is 4.79 Å². The Labute approximate surface area is 173 Å². The lowest BCUT2D eigenvalue weighted by atomic mass is 10.1. The fourth-order valence-corrected chi connectivity index (χ4v) is 3.68. The molecule has 6 nitrogen and oxygen atoms in total. The number of carbonyl (C=O) groups is 1. The van der Waals surface area contributed by atoms with Crippen molar-refractivity contribution in [3.63, 3.8) is 0 Å². The SMILES string of the molecule is COc1ccc(OCC[NH+]2CC[NH+](CC(=O)Nc3cccc(C)c3C)CC2)cc1. The molecule has 1 heterocycles. The van der Waals surface area contributed by atoms with Crippen molar-refractivity contribution in [1.29, 1.82) is 0 Å². The Morgan fingerprint density at radius 1 is 0.966 bits per heavy atom. The zero-order valence-electron chi connectivity index (χ0n) is 17.7. The van der Waals surface area contributed by atoms with Crippen LogP contribution in [0, 0.1) is 13.8 Å². The molecule has 0 aromatic heterocycles. The molecule has 3 N–H and O–H groups in total. The zero-order valence-corrected chi connectivity index (χ0v) is 17.7. The summed E-state index contributed by atoms with van der Waals surface area (Å²) in [6.45, 7) is 10.5. The van der Waals surface area contributed by atoms with Crippen molar-refractivity contribution >= 4 is 11.6 Å². The van der Waals surface area contributed by atoms with Crippen LogP contribution in [0.1, 0.15) is 11.1 Å². The summed E-state index contributed by atoms with van der Waals surface area (Å²) in [5.41, 5.74) is 3.26. The van der Waals surface area contributed by atoms with E-state index in [1.807, 2.05) is 43.3 Å². The fraction of sp³-hybridized carbons (Fsp3) is 0.435. The molecule has 2 aromatic rings. The van der Waals surface area contributed by atoms with Crippen LogP contribution in [-0.4, -0.2) is 58.9 Å². The maximum atomic E-state index is 12.4. The van der Waals surface area contributed by atoms with Gasteiger partial charge < -0.3 is 24.6 Å². The Morgan fingerprint density at radius 2 is 1.62 bits per heavy atom. The second-order valence-electron chi connectivity index (χ2n) is 7.75. The first kappa shape index (κ1) is 21.1. The highest BCUT2D eigenvalue weighted by molar-refractivity contribution is 5.92. The van der Waals surface area contributed by atoms with Crippen LogP contribution in [0.5, 0.6) is 11.5 Å². The molecule has 0 spiro atoms. The number of ether oxygens (including phenoxy) is 2. The predicted octanol–water partition coefficient (Wildman–Crippen LogP) is 0.113. The summed E-state index contributed by atoms with van der Waals surface area (Å²) in [5, 5.41) is 3.07. The molecule has 1 aliphatic rings. The van der Waals surface area contributed by atoms with Crippen LogP contribution in [0.25, 0.3) is 0 Å². The van der Waals surface area contributed by atoms with Crippen LogP contribution in [0.3, 0.4) is 0 Å². The first-order chi connectivity index (χ1) is 14.0. The highest BCUT2D eigenvalue weighted by Crippen LogP contribution is 2.18. The number of piperazine rings is 1. The van der Waals surface area contributed by atoms with Gasteiger partial charge in [0.25, 0.3) is 5.91 Å². The van der Waals surface area contributed by atoms with E-state index in [0.29, 0.717) is 13.2 Å². The minimum Gasteiger partial charge on any atom is -0.497 e. The van der Waals surface area contributed by atoms with Gasteiger partial charge in [-0.2, -0.15) is 0 Å². The summed E-state index contributed by atoms with van der Waals surface area (Å²) in [6.07, 6.45) is 0. The summed E-state index contributed by atoms with van der Waals surface area (Å²) >= 11 is 0. The summed E-state index contributed by atoms with van der Waals surface area (Å²) in [5.74, 6) is 1.81. The third-order valence-electron chi connectivity index (χ3n) is 5.74. The van der Waals surface area contributed by atoms with E-state index in [0.717, 1.165) is 55.5 Å². The van der Waals surface area contributed by atoms with Gasteiger partial charge in [0.2, 0.25) is 0 Å². The van der Waals surface area contributed by atoms with E-state index in [1.54, 1.807) is 7.11 Å². The van der Waals surface area contributed by atoms with Gasteiger partial charge >= 0.3 is 0 Å². The van der Waals surface area contributed by atoms with E-state index >= 15 is 0 Å². The van der Waals surface area contributed by atoms with Crippen LogP contribution < -0.4 is 24.6 Å². The number of quaternary nitrogens is 2. The van der Waals surface area contributed by atoms with E-state index in [1.165, 1.54) is 15.4 Å². The Balaban J connectivity index is 1.35. The maximum absolute atomic E-state index is 12.4. The molecule has 1 amide bonds. The van der Waals surface area contributed by atoms with Crippen molar-refractivity contribution in [1.82, 2.24) is 0 Å². The number of benzene rings is 2. The lowest BCUT2D eigenvalue weighted by Crippen LogP contribution is -3.28. The van der Waals surface area contributed by atoms with Crippen molar-refractivity contribution in [2.75, 3.05) is 58.3 Å². The lowest BCUT2D eigenvalue weighted by molar-refractivity contribution is -1.01. The average Bonchev–Trinajstić information content (AvgIpc) is 2.73. The summed E-state index contributed by atoms with van der Waals surface area (Å²) in [4.78, 5) is 15.3. The molecule has 0 unspecified atom stereocenters. The second-order valence-corrected chi connectivity index (χ2v) is 7.75. The first-order valence-corrected chi connectivity index (χ1v) is 10.3. The van der Waals surface area contributed by atoms with E-state index in [9.17, 15) is 4.79 Å². The summed E-state index contributed by atoms with van der Waals surface area (Å²) in [6, 6.07) is 13.7. The van der Waals surface area contributed by atoms with Crippen LogP contribution in [0.2, 0.25) is 0 Å². The molecule has 0 radical (unpaired) electrons. The molecule has 1 saturated heterocycles. The number of aryl methyl sites for hydroxylation is 1. The van der Waals surface area contributed by atoms with Gasteiger partial charge in [0.05, 0.1) is 7.11 Å². The first-order valence-electron chi connectivity index (χ1n) is 10.3. The van der Waals surface area contributed by atoms with Crippen LogP contribution >= 0.6 is 0 Å². The Kier molecular flexibility index (Phi) is 7.49. The van der Waals surface area contributed by atoms with Gasteiger partial charge in [-0.25, -0.2) is 0 Å². The third-order valence-corrected chi connectivity index (χ3v) is 5.74. The Bertz CT molecular complexity index is 800. The number of carbonyl (C=O) groups excluding carboxylic acids is 1. The molecule has 0 aliphatic carbocycles. The quantitative estimate of drug-likeness (QED) is 0.591. The number of rotatable bonds is 8. The number of methoxy groups -OCH3 is 1. The molecule has 2 aromatic carbocycles. The molecule has 0 bridgehead atoms. The topological polar surface area (TPSA) is 56.4 Å². The molecular formula is C23H33N3O3+2. The Hall–Kier alpha value is -2.57. The van der Waals surface area contributed by atoms with Crippen LogP contribution in [0.4, 0.5) is 5.69 Å². The standard InChI is InChI=1S/C23H31N3O3/c1-18-5-4-6-22(19(18)2)24-23(27)17-26-13-11-25(12-14-26)15-16-29-21-9-7-20(28-3)8-10-21/h4-10H,11-17H2,1-3H3,(H,24,27)/p+2. The van der Waals surface area contributed by atoms with Gasteiger partial charge in [-0.05, 0) is 55.3 Å². The minimum absolute atomic E-state index is 0.0972. The van der Waals surface area contributed by atoms with E-state index in [4.69, 9.17) is 9.47 Å². The van der Waals surface area contributed by atoms with E-state index in [2.05, 4.69) is 18.3 Å². The molecule has 1 aliphatic heterocycles. The van der Waals surface area contributed by atoms with Crippen molar-refractivity contribution in [2.24, 2.45) is 0 Å². The molecule has 29 heavy (non-hydrogen) atoms. The molecule has 0 saturated carbocycles. The smallest absolute Gasteiger partial charge is 0.279 e. The zero-order chi connectivity index (χ0) is 20.6. The van der Waals surface area contributed by atoms with Gasteiger partial charge in [-0.15, -0.1) is 0 Å². The van der Waals surface area contributed by atoms with E-state index < -0.39 is 0 Å². The normalized spacial score (nSPS) is 18.9. The molecule has 6 heteroatoms. The molecule has 0 atom stereocenters. The predicted molar refractivity (Wildman–Crippen MR) is 114 cm³/mol. The number of nitrogens with one attached hydrogen (secondary N) is 3. The summed E-state index contributed by atoms with van der Waals surface area (Å²) in [7, 11) is 1.66. The van der Waals surface area contributed by atoms with Crippen molar-refractivity contribution < 1.29 is 24.1 Å². The number of anilines is 1. The highest BCUT2D eigenvalue weighted by atomic mass is 16.5. The lowest BCUT2D eigenvalue weighted by Gasteiger charge is -2.29. The Morgan fingerprint density at radius 3 is 2.31 bits per heavy atom. The molecule has 3 rings (SSSR count). The minimum atomic E-state index is 0.0972. The average molecular weight is 400 g/mol. The highest BCUT2D eigenvalue weighted by Gasteiger charge is 2.24. The van der Waals surface area contributed by atoms with Gasteiger partial charge in [0.1, 0.15) is 50.8 Å². The van der Waals surface area contributed by atoms with Crippen molar-refractivity contribution in [3.8, 4) is 11.5 Å². The third kappa shape index (κ3) is 6.21. The van der Waals surface area contributed by atoms with Gasteiger partial charge in [0, 0.05) is 5.69 Å². The second kappa shape index (κ2) is 10.3. The monoisotopic (exact) mass is 399 g/mol. The number of amides is 1. The maximum Gasteiger partial charge on any atom is 0.279 e. The van der Waals surface area contributed by atoms with Crippen LogP contribution in [0.15, 0.2) is 42.5 Å². The van der Waals surface area contributed by atoms with Gasteiger partial charge in [-0.1, -0.05) is 12.1 Å². The van der Waals surface area contributed by atoms with Gasteiger partial charge in [0.15, 0.2) is 6.54 Å². The summed E-state index contributed by atoms with van der Waals surface area (Å²) < 4.78 is 11.0. The largest absolute Gasteiger partial charge is 0.497 e. The number of hydrogen-bond donors (Lipinski definition) is 3. The van der Waals surface area contributed by atoms with Gasteiger partial charge in [-0.3, -0.25) is 4.79 Å². The van der Waals surface area contributed by atoms with Crippen molar-refractivity contribution in [3.05, 3.63) is 53.6 Å². The number of hydrogen-bond acceptors (Lipinski definition) is 3. The molecule has 1 fully saturated rings.